The highest BCUT2D eigenvalue weighted by molar-refractivity contribution is 7.07. The molecule has 6 nitrogen and oxygen atoms in total. The average molecular weight is 454 g/mol. The standard InChI is InChI=1S/C25H31N3O3S/c1-3-31-23-11-7-21(8-12-23)26-25-28(14-4-13-27-15-17-30-18-16-27)24(19-32-25)20-5-9-22(29-2)10-6-20/h5-12,19H,3-4,13-18H2,1-2H3. The fourth-order valence-electron chi connectivity index (χ4n) is 3.80. The third-order valence-corrected chi connectivity index (χ3v) is 6.38. The summed E-state index contributed by atoms with van der Waals surface area (Å²) in [6.45, 7) is 8.34. The van der Waals surface area contributed by atoms with Gasteiger partial charge in [-0.05, 0) is 67.4 Å². The molecular formula is C25H31N3O3S. The van der Waals surface area contributed by atoms with Crippen LogP contribution in [0.4, 0.5) is 5.69 Å². The minimum Gasteiger partial charge on any atom is -0.497 e. The van der Waals surface area contributed by atoms with Crippen molar-refractivity contribution < 1.29 is 14.2 Å². The third kappa shape index (κ3) is 5.79. The van der Waals surface area contributed by atoms with Gasteiger partial charge in [0.2, 0.25) is 0 Å². The van der Waals surface area contributed by atoms with E-state index in [9.17, 15) is 0 Å². The van der Waals surface area contributed by atoms with E-state index in [0.29, 0.717) is 6.61 Å². The summed E-state index contributed by atoms with van der Waals surface area (Å²) in [6, 6.07) is 16.2. The molecule has 0 bridgehead atoms. The van der Waals surface area contributed by atoms with Crippen LogP contribution in [-0.4, -0.2) is 56.0 Å². The van der Waals surface area contributed by atoms with Crippen LogP contribution in [0.1, 0.15) is 13.3 Å². The first-order valence-electron chi connectivity index (χ1n) is 11.2. The normalized spacial score (nSPS) is 15.1. The van der Waals surface area contributed by atoms with Crippen LogP contribution in [0.5, 0.6) is 11.5 Å². The summed E-state index contributed by atoms with van der Waals surface area (Å²) < 4.78 is 18.7. The number of rotatable bonds is 9. The Balaban J connectivity index is 1.60. The fourth-order valence-corrected chi connectivity index (χ4v) is 4.75. The van der Waals surface area contributed by atoms with E-state index in [1.165, 1.54) is 11.3 Å². The van der Waals surface area contributed by atoms with Crippen molar-refractivity contribution in [3.05, 3.63) is 58.7 Å². The van der Waals surface area contributed by atoms with Gasteiger partial charge in [0.1, 0.15) is 11.5 Å². The number of benzene rings is 2. The van der Waals surface area contributed by atoms with Crippen LogP contribution in [0.3, 0.4) is 0 Å². The van der Waals surface area contributed by atoms with E-state index in [4.69, 9.17) is 19.2 Å². The number of aromatic nitrogens is 1. The molecular weight excluding hydrogens is 422 g/mol. The van der Waals surface area contributed by atoms with Gasteiger partial charge in [-0.15, -0.1) is 11.3 Å². The predicted molar refractivity (Wildman–Crippen MR) is 129 cm³/mol. The van der Waals surface area contributed by atoms with Crippen molar-refractivity contribution in [2.45, 2.75) is 19.9 Å². The van der Waals surface area contributed by atoms with E-state index >= 15 is 0 Å². The van der Waals surface area contributed by atoms with Gasteiger partial charge in [-0.25, -0.2) is 4.99 Å². The lowest BCUT2D eigenvalue weighted by Gasteiger charge is -2.26. The lowest BCUT2D eigenvalue weighted by atomic mass is 10.1. The van der Waals surface area contributed by atoms with Crippen molar-refractivity contribution in [1.29, 1.82) is 0 Å². The summed E-state index contributed by atoms with van der Waals surface area (Å²) in [4.78, 5) is 8.44. The maximum atomic E-state index is 5.56. The van der Waals surface area contributed by atoms with Gasteiger partial charge >= 0.3 is 0 Å². The molecule has 0 amide bonds. The second-order valence-corrected chi connectivity index (χ2v) is 8.47. The van der Waals surface area contributed by atoms with Crippen LogP contribution < -0.4 is 14.3 Å². The summed E-state index contributed by atoms with van der Waals surface area (Å²) in [5.74, 6) is 1.73. The van der Waals surface area contributed by atoms with Crippen LogP contribution in [0.15, 0.2) is 58.9 Å². The molecule has 7 heteroatoms. The third-order valence-electron chi connectivity index (χ3n) is 5.52. The first-order valence-corrected chi connectivity index (χ1v) is 12.0. The minimum absolute atomic E-state index is 0.662. The Morgan fingerprint density at radius 2 is 1.69 bits per heavy atom. The number of nitrogens with zero attached hydrogens (tertiary/aromatic N) is 3. The summed E-state index contributed by atoms with van der Waals surface area (Å²) in [5.41, 5.74) is 3.28. The molecule has 0 radical (unpaired) electrons. The maximum Gasteiger partial charge on any atom is 0.190 e. The van der Waals surface area contributed by atoms with Gasteiger partial charge in [-0.1, -0.05) is 0 Å². The van der Waals surface area contributed by atoms with Crippen LogP contribution >= 0.6 is 11.3 Å². The number of hydrogen-bond donors (Lipinski definition) is 0. The number of methoxy groups -OCH3 is 1. The maximum absolute atomic E-state index is 5.56. The number of hydrogen-bond acceptors (Lipinski definition) is 6. The first-order chi connectivity index (χ1) is 15.8. The van der Waals surface area contributed by atoms with E-state index in [1.54, 1.807) is 18.4 Å². The largest absolute Gasteiger partial charge is 0.497 e. The summed E-state index contributed by atoms with van der Waals surface area (Å²) in [5, 5.41) is 2.20. The minimum atomic E-state index is 0.662. The highest BCUT2D eigenvalue weighted by Crippen LogP contribution is 2.24. The van der Waals surface area contributed by atoms with Gasteiger partial charge in [0.05, 0.1) is 38.3 Å². The van der Waals surface area contributed by atoms with Gasteiger partial charge in [0.15, 0.2) is 4.80 Å². The second-order valence-electron chi connectivity index (χ2n) is 7.63. The summed E-state index contributed by atoms with van der Waals surface area (Å²) in [6.07, 6.45) is 1.07. The van der Waals surface area contributed by atoms with Crippen molar-refractivity contribution in [2.24, 2.45) is 4.99 Å². The molecule has 0 aliphatic carbocycles. The van der Waals surface area contributed by atoms with Crippen LogP contribution in [-0.2, 0) is 11.3 Å². The molecule has 4 rings (SSSR count). The Kier molecular flexibility index (Phi) is 7.98. The monoisotopic (exact) mass is 453 g/mol. The van der Waals surface area contributed by atoms with Crippen LogP contribution in [0.25, 0.3) is 11.3 Å². The zero-order valence-corrected chi connectivity index (χ0v) is 19.6. The van der Waals surface area contributed by atoms with Gasteiger partial charge in [0, 0.05) is 31.6 Å². The molecule has 3 aromatic rings. The highest BCUT2D eigenvalue weighted by Gasteiger charge is 2.12. The zero-order chi connectivity index (χ0) is 22.2. The average Bonchev–Trinajstić information content (AvgIpc) is 3.23. The van der Waals surface area contributed by atoms with E-state index in [0.717, 1.165) is 67.8 Å². The molecule has 1 saturated heterocycles. The Morgan fingerprint density at radius 3 is 2.38 bits per heavy atom. The smallest absolute Gasteiger partial charge is 0.190 e. The van der Waals surface area contributed by atoms with Crippen LogP contribution in [0, 0.1) is 0 Å². The Bertz CT molecular complexity index is 1040. The topological polar surface area (TPSA) is 48.2 Å². The van der Waals surface area contributed by atoms with Gasteiger partial charge < -0.3 is 18.8 Å². The molecule has 1 aromatic heterocycles. The molecule has 1 fully saturated rings. The van der Waals surface area contributed by atoms with Crippen molar-refractivity contribution in [2.75, 3.05) is 46.6 Å². The molecule has 0 unspecified atom stereocenters. The second kappa shape index (κ2) is 11.3. The highest BCUT2D eigenvalue weighted by atomic mass is 32.1. The predicted octanol–water partition coefficient (Wildman–Crippen LogP) is 4.58. The van der Waals surface area contributed by atoms with Crippen molar-refractivity contribution in [3.8, 4) is 22.8 Å². The van der Waals surface area contributed by atoms with E-state index < -0.39 is 0 Å². The Morgan fingerprint density at radius 1 is 0.969 bits per heavy atom. The van der Waals surface area contributed by atoms with Crippen LogP contribution in [0.2, 0.25) is 0 Å². The van der Waals surface area contributed by atoms with Gasteiger partial charge in [-0.3, -0.25) is 4.90 Å². The van der Waals surface area contributed by atoms with Crippen molar-refractivity contribution in [3.63, 3.8) is 0 Å². The fraction of sp³-hybridized carbons (Fsp3) is 0.400. The quantitative estimate of drug-likeness (QED) is 0.476. The first kappa shape index (κ1) is 22.6. The molecule has 2 aromatic carbocycles. The molecule has 2 heterocycles. The molecule has 0 saturated carbocycles. The molecule has 0 N–H and O–H groups in total. The molecule has 0 spiro atoms. The summed E-state index contributed by atoms with van der Waals surface area (Å²) in [7, 11) is 1.69. The molecule has 32 heavy (non-hydrogen) atoms. The van der Waals surface area contributed by atoms with Crippen molar-refractivity contribution in [1.82, 2.24) is 9.47 Å². The zero-order valence-electron chi connectivity index (χ0n) is 18.8. The SMILES string of the molecule is CCOc1ccc(N=c2scc(-c3ccc(OC)cc3)n2CCCN2CCOCC2)cc1. The van der Waals surface area contributed by atoms with Gasteiger partial charge in [0.25, 0.3) is 0 Å². The number of ether oxygens (including phenoxy) is 3. The van der Waals surface area contributed by atoms with Crippen molar-refractivity contribution >= 4 is 17.0 Å². The molecule has 0 atom stereocenters. The van der Waals surface area contributed by atoms with Gasteiger partial charge in [-0.2, -0.15) is 0 Å². The lowest BCUT2D eigenvalue weighted by molar-refractivity contribution is 0.0369. The molecule has 1 aliphatic heterocycles. The molecule has 1 aliphatic rings. The van der Waals surface area contributed by atoms with E-state index in [2.05, 4.69) is 27.0 Å². The Labute approximate surface area is 193 Å². The lowest BCUT2D eigenvalue weighted by Crippen LogP contribution is -2.37. The number of thiazole rings is 1. The number of morpholine rings is 1. The molecule has 170 valence electrons. The van der Waals surface area contributed by atoms with E-state index in [1.807, 2.05) is 43.3 Å². The van der Waals surface area contributed by atoms with E-state index in [-0.39, 0.29) is 0 Å². The Hall–Kier alpha value is -2.61. The summed E-state index contributed by atoms with van der Waals surface area (Å²) >= 11 is 1.68.